The molecule has 2 aromatic carbocycles. The fourth-order valence-electron chi connectivity index (χ4n) is 2.03. The van der Waals surface area contributed by atoms with Gasteiger partial charge in [0.2, 0.25) is 0 Å². The van der Waals surface area contributed by atoms with Crippen molar-refractivity contribution in [1.29, 1.82) is 0 Å². The van der Waals surface area contributed by atoms with Crippen LogP contribution in [0.1, 0.15) is 22.7 Å². The number of alkyl halides is 3. The van der Waals surface area contributed by atoms with Crippen molar-refractivity contribution in [2.24, 2.45) is 5.73 Å². The van der Waals surface area contributed by atoms with Crippen LogP contribution in [-0.4, -0.2) is 11.5 Å². The predicted octanol–water partition coefficient (Wildman–Crippen LogP) is 4.83. The highest BCUT2D eigenvalue weighted by Gasteiger charge is 2.31. The maximum absolute atomic E-state index is 12.1. The second kappa shape index (κ2) is 7.42. The van der Waals surface area contributed by atoms with E-state index in [9.17, 15) is 18.3 Å². The Bertz CT molecular complexity index is 678. The van der Waals surface area contributed by atoms with Gasteiger partial charge in [-0.3, -0.25) is 0 Å². The van der Waals surface area contributed by atoms with Gasteiger partial charge < -0.3 is 15.6 Å². The van der Waals surface area contributed by atoms with Crippen molar-refractivity contribution < 1.29 is 23.0 Å². The number of hydrogen-bond donors (Lipinski definition) is 2. The molecule has 3 N–H and O–H groups in total. The van der Waals surface area contributed by atoms with Gasteiger partial charge in [0.15, 0.2) is 0 Å². The second-order valence-corrected chi connectivity index (χ2v) is 5.58. The number of rotatable bonds is 3. The summed E-state index contributed by atoms with van der Waals surface area (Å²) in [7, 11) is 0. The van der Waals surface area contributed by atoms with E-state index in [0.29, 0.717) is 21.2 Å². The molecule has 0 unspecified atom stereocenters. The molecule has 0 amide bonds. The smallest absolute Gasteiger partial charge is 0.507 e. The summed E-state index contributed by atoms with van der Waals surface area (Å²) >= 11 is 3.32. The summed E-state index contributed by atoms with van der Waals surface area (Å²) in [6.45, 7) is 1.73. The molecule has 2 aromatic rings. The van der Waals surface area contributed by atoms with Crippen LogP contribution in [0.15, 0.2) is 40.9 Å². The molecule has 0 aliphatic rings. The molecule has 0 fully saturated rings. The van der Waals surface area contributed by atoms with Gasteiger partial charge in [-0.1, -0.05) is 34.1 Å². The molecule has 0 bridgehead atoms. The quantitative estimate of drug-likeness (QED) is 0.759. The summed E-state index contributed by atoms with van der Waals surface area (Å²) in [6.07, 6.45) is -4.73. The molecule has 3 nitrogen and oxygen atoms in total. The Hall–Kier alpha value is -1.44. The van der Waals surface area contributed by atoms with Crippen LogP contribution in [0.25, 0.3) is 0 Å². The lowest BCUT2D eigenvalue weighted by Crippen LogP contribution is -2.17. The van der Waals surface area contributed by atoms with E-state index in [4.69, 9.17) is 5.73 Å². The molecule has 23 heavy (non-hydrogen) atoms. The van der Waals surface area contributed by atoms with Crippen LogP contribution in [0.4, 0.5) is 13.2 Å². The zero-order valence-electron chi connectivity index (χ0n) is 11.9. The van der Waals surface area contributed by atoms with Crippen molar-refractivity contribution in [2.75, 3.05) is 0 Å². The third-order valence-corrected chi connectivity index (χ3v) is 3.84. The van der Waals surface area contributed by atoms with Crippen LogP contribution >= 0.6 is 28.3 Å². The highest BCUT2D eigenvalue weighted by atomic mass is 79.9. The van der Waals surface area contributed by atoms with Gasteiger partial charge in [-0.25, -0.2) is 0 Å². The van der Waals surface area contributed by atoms with Crippen LogP contribution in [0, 0.1) is 6.92 Å². The van der Waals surface area contributed by atoms with E-state index in [1.54, 1.807) is 19.1 Å². The van der Waals surface area contributed by atoms with Crippen molar-refractivity contribution in [3.05, 3.63) is 57.6 Å². The molecule has 0 radical (unpaired) electrons. The minimum Gasteiger partial charge on any atom is -0.507 e. The molecule has 1 atom stereocenters. The largest absolute Gasteiger partial charge is 0.573 e. The fraction of sp³-hybridized carbons (Fsp3) is 0.200. The number of ether oxygens (including phenoxy) is 1. The van der Waals surface area contributed by atoms with Crippen molar-refractivity contribution >= 4 is 28.3 Å². The maximum atomic E-state index is 12.1. The summed E-state index contributed by atoms with van der Waals surface area (Å²) in [6, 6.07) is 8.03. The zero-order valence-corrected chi connectivity index (χ0v) is 14.3. The van der Waals surface area contributed by atoms with Crippen molar-refractivity contribution in [1.82, 2.24) is 0 Å². The average Bonchev–Trinajstić information content (AvgIpc) is 2.42. The molecule has 8 heteroatoms. The normalized spacial score (nSPS) is 12.4. The third-order valence-electron chi connectivity index (χ3n) is 3.15. The second-order valence-electron chi connectivity index (χ2n) is 4.72. The Balaban J connectivity index is 0.00000264. The molecule has 0 heterocycles. The van der Waals surface area contributed by atoms with E-state index in [-0.39, 0.29) is 23.9 Å². The van der Waals surface area contributed by atoms with E-state index < -0.39 is 12.4 Å². The summed E-state index contributed by atoms with van der Waals surface area (Å²) < 4.78 is 40.8. The van der Waals surface area contributed by atoms with Gasteiger partial charge in [0, 0.05) is 10.0 Å². The number of phenolic OH excluding ortho intramolecular Hbond substituents is 1. The van der Waals surface area contributed by atoms with Gasteiger partial charge in [0.1, 0.15) is 11.5 Å². The van der Waals surface area contributed by atoms with Crippen LogP contribution < -0.4 is 10.5 Å². The molecule has 126 valence electrons. The number of aryl methyl sites for hydroxylation is 1. The van der Waals surface area contributed by atoms with E-state index in [1.807, 2.05) is 0 Å². The lowest BCUT2D eigenvalue weighted by Gasteiger charge is -2.18. The molecular formula is C15H14BrClF3NO2. The minimum absolute atomic E-state index is 0. The minimum atomic E-state index is -4.73. The Morgan fingerprint density at radius 1 is 1.13 bits per heavy atom. The van der Waals surface area contributed by atoms with Gasteiger partial charge >= 0.3 is 6.36 Å². The van der Waals surface area contributed by atoms with Crippen LogP contribution in [0.3, 0.4) is 0 Å². The SMILES string of the molecule is Cc1ccc(Br)c([C@H](N)c2ccc(OC(F)(F)F)cc2)c1O.Cl. The van der Waals surface area contributed by atoms with Gasteiger partial charge in [-0.2, -0.15) is 0 Å². The summed E-state index contributed by atoms with van der Waals surface area (Å²) in [5, 5.41) is 10.1. The highest BCUT2D eigenvalue weighted by Crippen LogP contribution is 2.36. The highest BCUT2D eigenvalue weighted by molar-refractivity contribution is 9.10. The molecule has 0 spiro atoms. The van der Waals surface area contributed by atoms with E-state index in [2.05, 4.69) is 20.7 Å². The number of nitrogens with two attached hydrogens (primary N) is 1. The lowest BCUT2D eigenvalue weighted by molar-refractivity contribution is -0.274. The van der Waals surface area contributed by atoms with Crippen LogP contribution in [0.5, 0.6) is 11.5 Å². The summed E-state index contributed by atoms with van der Waals surface area (Å²) in [5.74, 6) is -0.270. The number of hydrogen-bond acceptors (Lipinski definition) is 3. The predicted molar refractivity (Wildman–Crippen MR) is 86.9 cm³/mol. The van der Waals surface area contributed by atoms with E-state index in [1.165, 1.54) is 24.3 Å². The van der Waals surface area contributed by atoms with Crippen molar-refractivity contribution in [2.45, 2.75) is 19.3 Å². The number of benzene rings is 2. The van der Waals surface area contributed by atoms with Gasteiger partial charge in [-0.05, 0) is 36.2 Å². The van der Waals surface area contributed by atoms with Crippen LogP contribution in [-0.2, 0) is 0 Å². The maximum Gasteiger partial charge on any atom is 0.573 e. The average molecular weight is 413 g/mol. The molecule has 2 rings (SSSR count). The molecule has 0 aliphatic carbocycles. The lowest BCUT2D eigenvalue weighted by atomic mass is 9.97. The van der Waals surface area contributed by atoms with Crippen molar-refractivity contribution in [3.8, 4) is 11.5 Å². The van der Waals surface area contributed by atoms with Gasteiger partial charge in [0.05, 0.1) is 6.04 Å². The first-order valence-electron chi connectivity index (χ1n) is 6.28. The molecule has 0 aliphatic heterocycles. The number of phenols is 1. The Morgan fingerprint density at radius 3 is 2.22 bits per heavy atom. The first-order valence-corrected chi connectivity index (χ1v) is 7.07. The van der Waals surface area contributed by atoms with Crippen LogP contribution in [0.2, 0.25) is 0 Å². The Morgan fingerprint density at radius 2 is 1.70 bits per heavy atom. The third kappa shape index (κ3) is 4.76. The zero-order chi connectivity index (χ0) is 16.5. The van der Waals surface area contributed by atoms with E-state index in [0.717, 1.165) is 0 Å². The Labute approximate surface area is 145 Å². The summed E-state index contributed by atoms with van der Waals surface area (Å²) in [5.41, 5.74) is 7.80. The standard InChI is InChI=1S/C15H13BrF3NO2.ClH/c1-8-2-7-11(16)12(14(8)21)13(20)9-3-5-10(6-4-9)22-15(17,18)19;/h2-7,13,21H,20H2,1H3;1H/t13-;/m1./s1. The van der Waals surface area contributed by atoms with E-state index >= 15 is 0 Å². The fourth-order valence-corrected chi connectivity index (χ4v) is 2.60. The molecular weight excluding hydrogens is 399 g/mol. The van der Waals surface area contributed by atoms with Gasteiger partial charge in [-0.15, -0.1) is 25.6 Å². The first-order chi connectivity index (χ1) is 10.2. The number of halogens is 5. The topological polar surface area (TPSA) is 55.5 Å². The number of aromatic hydroxyl groups is 1. The Kier molecular flexibility index (Phi) is 6.33. The molecule has 0 saturated carbocycles. The molecule has 0 aromatic heterocycles. The summed E-state index contributed by atoms with van der Waals surface area (Å²) in [4.78, 5) is 0. The first kappa shape index (κ1) is 19.6. The van der Waals surface area contributed by atoms with Gasteiger partial charge in [0.25, 0.3) is 0 Å². The van der Waals surface area contributed by atoms with Crippen molar-refractivity contribution in [3.63, 3.8) is 0 Å². The molecule has 0 saturated heterocycles. The monoisotopic (exact) mass is 411 g/mol.